The molecule has 0 heterocycles. The molecule has 0 aliphatic rings. The Bertz CT molecular complexity index is 868. The van der Waals surface area contributed by atoms with Crippen molar-refractivity contribution >= 4 is 33.2 Å². The van der Waals surface area contributed by atoms with Crippen LogP contribution in [-0.4, -0.2) is 40.3 Å². The van der Waals surface area contributed by atoms with Gasteiger partial charge in [-0.1, -0.05) is 23.7 Å². The smallest absolute Gasteiger partial charge is 0.251 e. The Balaban J connectivity index is 2.07. The molecule has 0 unspecified atom stereocenters. The molecule has 0 aliphatic heterocycles. The zero-order valence-corrected chi connectivity index (χ0v) is 17.6. The largest absolute Gasteiger partial charge is 0.382 e. The highest BCUT2D eigenvalue weighted by Gasteiger charge is 2.18. The van der Waals surface area contributed by atoms with E-state index in [-0.39, 0.29) is 12.5 Å². The number of amides is 1. The fraction of sp³-hybridized carbons (Fsp3) is 0.350. The van der Waals surface area contributed by atoms with Crippen LogP contribution in [0.1, 0.15) is 29.3 Å². The van der Waals surface area contributed by atoms with E-state index in [1.807, 2.05) is 6.92 Å². The molecular weight excluding hydrogens is 400 g/mol. The first kappa shape index (κ1) is 22.2. The van der Waals surface area contributed by atoms with Crippen molar-refractivity contribution in [3.05, 3.63) is 64.7 Å². The lowest BCUT2D eigenvalue weighted by molar-refractivity contribution is 0.0944. The van der Waals surface area contributed by atoms with Crippen molar-refractivity contribution in [2.24, 2.45) is 0 Å². The third-order valence-corrected chi connectivity index (χ3v) is 5.40. The lowest BCUT2D eigenvalue weighted by Crippen LogP contribution is -2.29. The van der Waals surface area contributed by atoms with Gasteiger partial charge in [0.15, 0.2) is 0 Å². The van der Waals surface area contributed by atoms with Crippen molar-refractivity contribution in [1.29, 1.82) is 0 Å². The highest BCUT2D eigenvalue weighted by molar-refractivity contribution is 7.92. The number of nitrogens with zero attached hydrogens (tertiary/aromatic N) is 1. The molecule has 0 atom stereocenters. The van der Waals surface area contributed by atoms with E-state index in [2.05, 4.69) is 5.32 Å². The highest BCUT2D eigenvalue weighted by atomic mass is 35.5. The minimum atomic E-state index is -3.50. The van der Waals surface area contributed by atoms with Crippen LogP contribution in [0.4, 0.5) is 5.69 Å². The topological polar surface area (TPSA) is 75.7 Å². The Labute approximate surface area is 171 Å². The van der Waals surface area contributed by atoms with Crippen LogP contribution in [0.5, 0.6) is 0 Å². The predicted molar refractivity (Wildman–Crippen MR) is 112 cm³/mol. The monoisotopic (exact) mass is 424 g/mol. The molecule has 1 amide bonds. The van der Waals surface area contributed by atoms with Crippen molar-refractivity contribution in [2.45, 2.75) is 19.9 Å². The molecule has 0 spiro atoms. The summed E-state index contributed by atoms with van der Waals surface area (Å²) < 4.78 is 31.0. The summed E-state index contributed by atoms with van der Waals surface area (Å²) >= 11 is 5.89. The van der Waals surface area contributed by atoms with Gasteiger partial charge in [0.05, 0.1) is 18.5 Å². The van der Waals surface area contributed by atoms with Crippen LogP contribution in [-0.2, 0) is 21.3 Å². The summed E-state index contributed by atoms with van der Waals surface area (Å²) in [6.45, 7) is 3.88. The summed E-state index contributed by atoms with van der Waals surface area (Å²) in [7, 11) is -3.50. The summed E-state index contributed by atoms with van der Waals surface area (Å²) in [6.07, 6.45) is 1.89. The van der Waals surface area contributed by atoms with E-state index in [4.69, 9.17) is 16.3 Å². The van der Waals surface area contributed by atoms with E-state index < -0.39 is 10.0 Å². The highest BCUT2D eigenvalue weighted by Crippen LogP contribution is 2.22. The van der Waals surface area contributed by atoms with E-state index in [1.54, 1.807) is 48.5 Å². The second-order valence-corrected chi connectivity index (χ2v) is 8.59. The molecule has 2 rings (SSSR count). The molecular formula is C20H25ClN2O4S. The average molecular weight is 425 g/mol. The molecule has 0 saturated carbocycles. The van der Waals surface area contributed by atoms with Gasteiger partial charge in [-0.25, -0.2) is 8.42 Å². The van der Waals surface area contributed by atoms with E-state index in [9.17, 15) is 13.2 Å². The van der Waals surface area contributed by atoms with E-state index in [1.165, 1.54) is 4.31 Å². The third kappa shape index (κ3) is 6.82. The number of hydrogen-bond acceptors (Lipinski definition) is 4. The quantitative estimate of drug-likeness (QED) is 0.592. The van der Waals surface area contributed by atoms with E-state index in [0.717, 1.165) is 18.2 Å². The van der Waals surface area contributed by atoms with Crippen LogP contribution < -0.4 is 9.62 Å². The average Bonchev–Trinajstić information content (AvgIpc) is 2.66. The second-order valence-electron chi connectivity index (χ2n) is 6.25. The Kier molecular flexibility index (Phi) is 8.29. The SMILES string of the molecule is CCOCCCNC(=O)c1ccc(N(Cc2ccc(Cl)cc2)S(C)(=O)=O)cc1. The van der Waals surface area contributed by atoms with Gasteiger partial charge in [0.1, 0.15) is 0 Å². The van der Waals surface area contributed by atoms with Gasteiger partial charge in [0.25, 0.3) is 5.91 Å². The second kappa shape index (κ2) is 10.5. The summed E-state index contributed by atoms with van der Waals surface area (Å²) in [4.78, 5) is 12.2. The molecule has 0 saturated heterocycles. The van der Waals surface area contributed by atoms with Gasteiger partial charge in [-0.2, -0.15) is 0 Å². The van der Waals surface area contributed by atoms with E-state index in [0.29, 0.717) is 36.0 Å². The number of rotatable bonds is 10. The fourth-order valence-corrected chi connectivity index (χ4v) is 3.57. The number of sulfonamides is 1. The number of anilines is 1. The van der Waals surface area contributed by atoms with Crippen molar-refractivity contribution in [3.63, 3.8) is 0 Å². The van der Waals surface area contributed by atoms with Crippen molar-refractivity contribution in [1.82, 2.24) is 5.32 Å². The first-order valence-corrected chi connectivity index (χ1v) is 11.2. The number of halogens is 1. The molecule has 0 radical (unpaired) electrons. The van der Waals surface area contributed by atoms with Crippen molar-refractivity contribution < 1.29 is 17.9 Å². The minimum absolute atomic E-state index is 0.180. The fourth-order valence-electron chi connectivity index (χ4n) is 2.56. The van der Waals surface area contributed by atoms with Gasteiger partial charge in [0, 0.05) is 30.3 Å². The first-order chi connectivity index (χ1) is 13.3. The van der Waals surface area contributed by atoms with Crippen molar-refractivity contribution in [3.8, 4) is 0 Å². The molecule has 0 fully saturated rings. The van der Waals surface area contributed by atoms with Crippen LogP contribution in [0.15, 0.2) is 48.5 Å². The van der Waals surface area contributed by atoms with Crippen LogP contribution in [0.3, 0.4) is 0 Å². The zero-order chi connectivity index (χ0) is 20.6. The standard InChI is InChI=1S/C20H25ClN2O4S/c1-3-27-14-4-13-22-20(24)17-7-11-19(12-8-17)23(28(2,25)26)15-16-5-9-18(21)10-6-16/h5-12H,3-4,13-15H2,1-2H3,(H,22,24). The van der Waals surface area contributed by atoms with Crippen LogP contribution >= 0.6 is 11.6 Å². The number of benzene rings is 2. The number of nitrogens with one attached hydrogen (secondary N) is 1. The van der Waals surface area contributed by atoms with Gasteiger partial charge in [-0.05, 0) is 55.3 Å². The van der Waals surface area contributed by atoms with Crippen LogP contribution in [0.2, 0.25) is 5.02 Å². The Morgan fingerprint density at radius 3 is 2.32 bits per heavy atom. The Hall–Kier alpha value is -2.09. The summed E-state index contributed by atoms with van der Waals surface area (Å²) in [5.41, 5.74) is 1.77. The molecule has 0 bridgehead atoms. The van der Waals surface area contributed by atoms with Crippen molar-refractivity contribution in [2.75, 3.05) is 30.3 Å². The Morgan fingerprint density at radius 2 is 1.75 bits per heavy atom. The predicted octanol–water partition coefficient (Wildman–Crippen LogP) is 3.46. The van der Waals surface area contributed by atoms with Crippen LogP contribution in [0, 0.1) is 0 Å². The third-order valence-electron chi connectivity index (χ3n) is 4.01. The first-order valence-electron chi connectivity index (χ1n) is 8.99. The van der Waals surface area contributed by atoms with Crippen LogP contribution in [0.25, 0.3) is 0 Å². The molecule has 28 heavy (non-hydrogen) atoms. The van der Waals surface area contributed by atoms with Gasteiger partial charge in [-0.3, -0.25) is 9.10 Å². The van der Waals surface area contributed by atoms with Gasteiger partial charge in [0.2, 0.25) is 10.0 Å². The molecule has 2 aromatic carbocycles. The minimum Gasteiger partial charge on any atom is -0.382 e. The maximum atomic E-state index is 12.3. The summed E-state index contributed by atoms with van der Waals surface area (Å²) in [5, 5.41) is 3.41. The lowest BCUT2D eigenvalue weighted by Gasteiger charge is -2.22. The molecule has 0 aromatic heterocycles. The van der Waals surface area contributed by atoms with Gasteiger partial charge in [-0.15, -0.1) is 0 Å². The molecule has 0 aliphatic carbocycles. The molecule has 1 N–H and O–H groups in total. The summed E-state index contributed by atoms with van der Waals surface area (Å²) in [6, 6.07) is 13.5. The van der Waals surface area contributed by atoms with E-state index >= 15 is 0 Å². The zero-order valence-electron chi connectivity index (χ0n) is 16.0. The lowest BCUT2D eigenvalue weighted by atomic mass is 10.1. The molecule has 8 heteroatoms. The maximum Gasteiger partial charge on any atom is 0.251 e. The molecule has 6 nitrogen and oxygen atoms in total. The normalized spacial score (nSPS) is 11.2. The molecule has 2 aromatic rings. The van der Waals surface area contributed by atoms with Gasteiger partial charge >= 0.3 is 0 Å². The van der Waals surface area contributed by atoms with Gasteiger partial charge < -0.3 is 10.1 Å². The number of ether oxygens (including phenoxy) is 1. The number of hydrogen-bond donors (Lipinski definition) is 1. The maximum absolute atomic E-state index is 12.3. The Morgan fingerprint density at radius 1 is 1.11 bits per heavy atom. The summed E-state index contributed by atoms with van der Waals surface area (Å²) in [5.74, 6) is -0.202. The number of carbonyl (C=O) groups is 1. The molecule has 152 valence electrons. The number of carbonyl (C=O) groups excluding carboxylic acids is 1.